The fourth-order valence-corrected chi connectivity index (χ4v) is 3.13. The molecule has 0 unspecified atom stereocenters. The van der Waals surface area contributed by atoms with E-state index < -0.39 is 6.10 Å². The molecular formula is C18H17FN2O2. The fraction of sp³-hybridized carbons (Fsp3) is 0.333. The van der Waals surface area contributed by atoms with Gasteiger partial charge in [0.05, 0.1) is 16.8 Å². The van der Waals surface area contributed by atoms with Crippen LogP contribution in [0.4, 0.5) is 4.39 Å². The molecule has 1 aromatic carbocycles. The summed E-state index contributed by atoms with van der Waals surface area (Å²) >= 11 is 0. The molecule has 0 fully saturated rings. The van der Waals surface area contributed by atoms with Gasteiger partial charge in [0.25, 0.3) is 0 Å². The Hall–Kier alpha value is -2.61. The van der Waals surface area contributed by atoms with Gasteiger partial charge in [-0.15, -0.1) is 0 Å². The number of nitrogens with zero attached hydrogens (tertiary/aromatic N) is 1. The second-order valence-electron chi connectivity index (χ2n) is 6.73. The molecule has 0 bridgehead atoms. The first-order chi connectivity index (χ1) is 10.8. The SMILES string of the molecule is CC1(C)CC(=O)C2=C(C1)O[C@@H](c1ccc(F)cc1)C(C#N)=C2N. The van der Waals surface area contributed by atoms with Crippen molar-refractivity contribution in [3.8, 4) is 6.07 Å². The van der Waals surface area contributed by atoms with Gasteiger partial charge in [-0.1, -0.05) is 26.0 Å². The van der Waals surface area contributed by atoms with Crippen LogP contribution in [0, 0.1) is 22.6 Å². The van der Waals surface area contributed by atoms with Crippen molar-refractivity contribution in [1.82, 2.24) is 0 Å². The number of halogens is 1. The molecule has 0 radical (unpaired) electrons. The van der Waals surface area contributed by atoms with E-state index in [0.717, 1.165) is 0 Å². The summed E-state index contributed by atoms with van der Waals surface area (Å²) in [5.41, 5.74) is 7.24. The number of carbonyl (C=O) groups is 1. The number of Topliss-reactive ketones (excluding diaryl/α,β-unsaturated/α-hetero) is 1. The maximum Gasteiger partial charge on any atom is 0.168 e. The molecule has 2 aliphatic rings. The van der Waals surface area contributed by atoms with Gasteiger partial charge < -0.3 is 10.5 Å². The number of carbonyl (C=O) groups excluding carboxylic acids is 1. The van der Waals surface area contributed by atoms with Crippen LogP contribution in [0.25, 0.3) is 0 Å². The molecule has 1 heterocycles. The molecule has 1 aliphatic heterocycles. The largest absolute Gasteiger partial charge is 0.484 e. The van der Waals surface area contributed by atoms with Crippen LogP contribution in [-0.2, 0) is 9.53 Å². The summed E-state index contributed by atoms with van der Waals surface area (Å²) in [7, 11) is 0. The van der Waals surface area contributed by atoms with Crippen LogP contribution < -0.4 is 5.73 Å². The number of rotatable bonds is 1. The number of allylic oxidation sites excluding steroid dienone is 2. The van der Waals surface area contributed by atoms with Gasteiger partial charge in [0.15, 0.2) is 11.9 Å². The molecule has 0 aromatic heterocycles. The molecule has 118 valence electrons. The second kappa shape index (κ2) is 5.24. The van der Waals surface area contributed by atoms with Crippen molar-refractivity contribution in [2.75, 3.05) is 0 Å². The lowest BCUT2D eigenvalue weighted by Gasteiger charge is -2.37. The number of ether oxygens (including phenoxy) is 1. The molecule has 0 amide bonds. The maximum atomic E-state index is 13.1. The number of hydrogen-bond donors (Lipinski definition) is 1. The number of ketones is 1. The molecule has 1 aromatic rings. The predicted molar refractivity (Wildman–Crippen MR) is 82.1 cm³/mol. The fourth-order valence-electron chi connectivity index (χ4n) is 3.13. The summed E-state index contributed by atoms with van der Waals surface area (Å²) in [6.07, 6.45) is 0.238. The van der Waals surface area contributed by atoms with Gasteiger partial charge in [0.2, 0.25) is 0 Å². The molecule has 0 saturated heterocycles. The Kier molecular flexibility index (Phi) is 3.48. The van der Waals surface area contributed by atoms with Crippen LogP contribution in [0.15, 0.2) is 46.9 Å². The van der Waals surface area contributed by atoms with Crippen LogP contribution in [0.1, 0.15) is 38.4 Å². The van der Waals surface area contributed by atoms with E-state index in [-0.39, 0.29) is 28.3 Å². The molecule has 0 saturated carbocycles. The summed E-state index contributed by atoms with van der Waals surface area (Å²) in [6.45, 7) is 3.98. The minimum absolute atomic E-state index is 0.0981. The zero-order chi connectivity index (χ0) is 16.8. The first kappa shape index (κ1) is 15.3. The molecule has 1 atom stereocenters. The lowest BCUT2D eigenvalue weighted by molar-refractivity contribution is -0.118. The van der Waals surface area contributed by atoms with Crippen molar-refractivity contribution < 1.29 is 13.9 Å². The highest BCUT2D eigenvalue weighted by Gasteiger charge is 2.41. The van der Waals surface area contributed by atoms with Crippen LogP contribution >= 0.6 is 0 Å². The van der Waals surface area contributed by atoms with E-state index in [1.807, 2.05) is 19.9 Å². The summed E-state index contributed by atoms with van der Waals surface area (Å²) < 4.78 is 19.1. The molecule has 0 spiro atoms. The summed E-state index contributed by atoms with van der Waals surface area (Å²) in [5, 5.41) is 9.45. The lowest BCUT2D eigenvalue weighted by Crippen LogP contribution is -2.33. The smallest absolute Gasteiger partial charge is 0.168 e. The third-order valence-corrected chi connectivity index (χ3v) is 4.21. The topological polar surface area (TPSA) is 76.1 Å². The minimum Gasteiger partial charge on any atom is -0.484 e. The number of nitriles is 1. The number of benzene rings is 1. The molecule has 4 nitrogen and oxygen atoms in total. The Balaban J connectivity index is 2.09. The zero-order valence-electron chi connectivity index (χ0n) is 13.0. The van der Waals surface area contributed by atoms with Gasteiger partial charge in [0, 0.05) is 12.8 Å². The summed E-state index contributed by atoms with van der Waals surface area (Å²) in [5.74, 6) is 0.0602. The first-order valence-electron chi connectivity index (χ1n) is 7.41. The van der Waals surface area contributed by atoms with Gasteiger partial charge in [0.1, 0.15) is 17.6 Å². The van der Waals surface area contributed by atoms with Gasteiger partial charge in [-0.2, -0.15) is 5.26 Å². The predicted octanol–water partition coefficient (Wildman–Crippen LogP) is 3.28. The average Bonchev–Trinajstić information content (AvgIpc) is 2.45. The quantitative estimate of drug-likeness (QED) is 0.863. The highest BCUT2D eigenvalue weighted by atomic mass is 19.1. The average molecular weight is 312 g/mol. The Bertz CT molecular complexity index is 782. The first-order valence-corrected chi connectivity index (χ1v) is 7.41. The van der Waals surface area contributed by atoms with Crippen molar-refractivity contribution in [3.63, 3.8) is 0 Å². The van der Waals surface area contributed by atoms with E-state index in [1.165, 1.54) is 12.1 Å². The van der Waals surface area contributed by atoms with E-state index in [9.17, 15) is 14.4 Å². The normalized spacial score (nSPS) is 23.2. The monoisotopic (exact) mass is 312 g/mol. The molecule has 5 heteroatoms. The highest BCUT2D eigenvalue weighted by molar-refractivity contribution is 6.01. The van der Waals surface area contributed by atoms with Crippen LogP contribution in [-0.4, -0.2) is 5.78 Å². The van der Waals surface area contributed by atoms with Crippen molar-refractivity contribution in [1.29, 1.82) is 5.26 Å². The molecule has 3 rings (SSSR count). The van der Waals surface area contributed by atoms with Gasteiger partial charge >= 0.3 is 0 Å². The van der Waals surface area contributed by atoms with E-state index >= 15 is 0 Å². The maximum absolute atomic E-state index is 13.1. The zero-order valence-corrected chi connectivity index (χ0v) is 13.0. The third-order valence-electron chi connectivity index (χ3n) is 4.21. The van der Waals surface area contributed by atoms with E-state index in [4.69, 9.17) is 10.5 Å². The Morgan fingerprint density at radius 1 is 1.30 bits per heavy atom. The Morgan fingerprint density at radius 3 is 2.57 bits per heavy atom. The molecular weight excluding hydrogens is 295 g/mol. The minimum atomic E-state index is -0.707. The lowest BCUT2D eigenvalue weighted by atomic mass is 9.74. The van der Waals surface area contributed by atoms with Crippen LogP contribution in [0.2, 0.25) is 0 Å². The third kappa shape index (κ3) is 2.61. The van der Waals surface area contributed by atoms with E-state index in [1.54, 1.807) is 12.1 Å². The van der Waals surface area contributed by atoms with Gasteiger partial charge in [-0.3, -0.25) is 4.79 Å². The molecule has 23 heavy (non-hydrogen) atoms. The van der Waals surface area contributed by atoms with Gasteiger partial charge in [-0.05, 0) is 23.1 Å². The molecule has 1 aliphatic carbocycles. The van der Waals surface area contributed by atoms with E-state index in [2.05, 4.69) is 0 Å². The summed E-state index contributed by atoms with van der Waals surface area (Å²) in [4.78, 5) is 12.4. The van der Waals surface area contributed by atoms with Crippen molar-refractivity contribution >= 4 is 5.78 Å². The van der Waals surface area contributed by atoms with Crippen molar-refractivity contribution in [2.24, 2.45) is 11.1 Å². The molecule has 2 N–H and O–H groups in total. The number of hydrogen-bond acceptors (Lipinski definition) is 4. The second-order valence-corrected chi connectivity index (χ2v) is 6.73. The van der Waals surface area contributed by atoms with Crippen LogP contribution in [0.5, 0.6) is 0 Å². The highest BCUT2D eigenvalue weighted by Crippen LogP contribution is 2.45. The van der Waals surface area contributed by atoms with Crippen molar-refractivity contribution in [3.05, 3.63) is 58.2 Å². The Labute approximate surface area is 134 Å². The number of nitrogens with two attached hydrogens (primary N) is 1. The van der Waals surface area contributed by atoms with Crippen molar-refractivity contribution in [2.45, 2.75) is 32.8 Å². The standard InChI is InChI=1S/C18H17FN2O2/c1-18(2)7-13(22)15-14(8-18)23-17(12(9-20)16(15)21)10-3-5-11(19)6-4-10/h3-6,17H,7-8,21H2,1-2H3/t17-/m0/s1. The Morgan fingerprint density at radius 2 is 1.96 bits per heavy atom. The van der Waals surface area contributed by atoms with E-state index in [0.29, 0.717) is 29.7 Å². The van der Waals surface area contributed by atoms with Crippen LogP contribution in [0.3, 0.4) is 0 Å². The van der Waals surface area contributed by atoms with Gasteiger partial charge in [-0.25, -0.2) is 4.39 Å². The summed E-state index contributed by atoms with van der Waals surface area (Å²) in [6, 6.07) is 7.78.